The average Bonchev–Trinajstić information content (AvgIpc) is 3.23. The van der Waals surface area contributed by atoms with E-state index in [4.69, 9.17) is 4.52 Å². The second kappa shape index (κ2) is 7.82. The number of aromatic nitrogens is 1. The number of hydrogen-bond acceptors (Lipinski definition) is 4. The van der Waals surface area contributed by atoms with Crippen LogP contribution in [0.3, 0.4) is 0 Å². The lowest BCUT2D eigenvalue weighted by atomic mass is 10.1. The van der Waals surface area contributed by atoms with Gasteiger partial charge < -0.3 is 14.7 Å². The third kappa shape index (κ3) is 4.48. The molecule has 1 aromatic heterocycles. The van der Waals surface area contributed by atoms with Gasteiger partial charge in [-0.25, -0.2) is 0 Å². The van der Waals surface area contributed by atoms with E-state index < -0.39 is 6.04 Å². The number of likely N-dealkylation sites (tertiary alicyclic amines) is 1. The van der Waals surface area contributed by atoms with E-state index in [9.17, 15) is 9.59 Å². The van der Waals surface area contributed by atoms with Crippen LogP contribution in [0.2, 0.25) is 0 Å². The summed E-state index contributed by atoms with van der Waals surface area (Å²) in [6.07, 6.45) is 1.65. The molecule has 0 spiro atoms. The van der Waals surface area contributed by atoms with Crippen LogP contribution in [0.4, 0.5) is 0 Å². The molecule has 7 heteroatoms. The molecule has 0 aliphatic carbocycles. The van der Waals surface area contributed by atoms with Crippen LogP contribution >= 0.6 is 15.9 Å². The predicted molar refractivity (Wildman–Crippen MR) is 95.7 cm³/mol. The van der Waals surface area contributed by atoms with Gasteiger partial charge >= 0.3 is 0 Å². The highest BCUT2D eigenvalue weighted by Crippen LogP contribution is 2.19. The van der Waals surface area contributed by atoms with Crippen molar-refractivity contribution in [2.75, 3.05) is 6.54 Å². The fourth-order valence-corrected chi connectivity index (χ4v) is 3.26. The number of halogens is 1. The fraction of sp³-hybridized carbons (Fsp3) is 0.389. The number of carbonyl (C=O) groups excluding carboxylic acids is 2. The van der Waals surface area contributed by atoms with Crippen molar-refractivity contribution in [3.8, 4) is 0 Å². The van der Waals surface area contributed by atoms with Gasteiger partial charge in [0.2, 0.25) is 11.8 Å². The molecule has 0 radical (unpaired) electrons. The van der Waals surface area contributed by atoms with Crippen molar-refractivity contribution >= 4 is 27.7 Å². The van der Waals surface area contributed by atoms with Gasteiger partial charge in [-0.1, -0.05) is 33.2 Å². The van der Waals surface area contributed by atoms with E-state index in [-0.39, 0.29) is 18.2 Å². The molecule has 1 unspecified atom stereocenters. The summed E-state index contributed by atoms with van der Waals surface area (Å²) in [6, 6.07) is 9.12. The molecule has 2 amide bonds. The molecule has 0 saturated carbocycles. The van der Waals surface area contributed by atoms with E-state index in [0.717, 1.165) is 22.2 Å². The van der Waals surface area contributed by atoms with Crippen molar-refractivity contribution < 1.29 is 14.1 Å². The van der Waals surface area contributed by atoms with Gasteiger partial charge in [-0.05, 0) is 37.5 Å². The Hall–Kier alpha value is -2.15. The normalized spacial score (nSPS) is 16.9. The van der Waals surface area contributed by atoms with Crippen LogP contribution in [-0.2, 0) is 22.6 Å². The summed E-state index contributed by atoms with van der Waals surface area (Å²) in [5, 5.41) is 6.72. The predicted octanol–water partition coefficient (Wildman–Crippen LogP) is 2.60. The number of nitrogens with one attached hydrogen (secondary N) is 1. The molecule has 1 aliphatic heterocycles. The molecule has 1 fully saturated rings. The van der Waals surface area contributed by atoms with Crippen LogP contribution in [0.1, 0.15) is 29.9 Å². The van der Waals surface area contributed by atoms with Crippen molar-refractivity contribution in [1.82, 2.24) is 15.4 Å². The molecule has 1 aromatic carbocycles. The first-order valence-electron chi connectivity index (χ1n) is 8.27. The van der Waals surface area contributed by atoms with Crippen LogP contribution in [0.5, 0.6) is 0 Å². The number of benzene rings is 1. The summed E-state index contributed by atoms with van der Waals surface area (Å²) in [4.78, 5) is 26.7. The molecule has 1 aliphatic rings. The van der Waals surface area contributed by atoms with Crippen LogP contribution in [0.15, 0.2) is 39.3 Å². The van der Waals surface area contributed by atoms with E-state index in [2.05, 4.69) is 26.4 Å². The van der Waals surface area contributed by atoms with Crippen molar-refractivity contribution in [1.29, 1.82) is 0 Å². The second-order valence-electron chi connectivity index (χ2n) is 6.20. The first-order chi connectivity index (χ1) is 12.0. The van der Waals surface area contributed by atoms with Gasteiger partial charge in [0.25, 0.3) is 0 Å². The Morgan fingerprint density at radius 2 is 2.12 bits per heavy atom. The van der Waals surface area contributed by atoms with Crippen LogP contribution in [0, 0.1) is 6.92 Å². The number of rotatable bonds is 5. The summed E-state index contributed by atoms with van der Waals surface area (Å²) in [5.74, 6) is 0.323. The Morgan fingerprint density at radius 3 is 2.80 bits per heavy atom. The lowest BCUT2D eigenvalue weighted by Gasteiger charge is -2.23. The quantitative estimate of drug-likeness (QED) is 0.829. The van der Waals surface area contributed by atoms with Crippen LogP contribution < -0.4 is 5.32 Å². The summed E-state index contributed by atoms with van der Waals surface area (Å²) in [7, 11) is 0. The number of aryl methyl sites for hydroxylation is 1. The molecule has 2 heterocycles. The molecule has 3 rings (SSSR count). The SMILES string of the molecule is Cc1cc(CC(=O)N2CCCC2C(=O)NCc2ccc(Br)cc2)on1. The maximum atomic E-state index is 12.5. The van der Waals surface area contributed by atoms with Crippen molar-refractivity contribution in [3.05, 3.63) is 51.8 Å². The van der Waals surface area contributed by atoms with Gasteiger partial charge in [-0.3, -0.25) is 9.59 Å². The van der Waals surface area contributed by atoms with E-state index in [0.29, 0.717) is 25.3 Å². The number of amides is 2. The standard InChI is InChI=1S/C18H20BrN3O3/c1-12-9-15(25-21-12)10-17(23)22-8-2-3-16(22)18(24)20-11-13-4-6-14(19)7-5-13/h4-7,9,16H,2-3,8,10-11H2,1H3,(H,20,24). The largest absolute Gasteiger partial charge is 0.361 e. The Balaban J connectivity index is 1.57. The third-order valence-electron chi connectivity index (χ3n) is 4.26. The molecule has 132 valence electrons. The van der Waals surface area contributed by atoms with Crippen molar-refractivity contribution in [3.63, 3.8) is 0 Å². The Morgan fingerprint density at radius 1 is 1.36 bits per heavy atom. The topological polar surface area (TPSA) is 75.4 Å². The van der Waals surface area contributed by atoms with Gasteiger partial charge in [-0.15, -0.1) is 0 Å². The number of hydrogen-bond donors (Lipinski definition) is 1. The number of carbonyl (C=O) groups is 2. The van der Waals surface area contributed by atoms with Gasteiger partial charge in [-0.2, -0.15) is 0 Å². The number of nitrogens with zero attached hydrogens (tertiary/aromatic N) is 2. The lowest BCUT2D eigenvalue weighted by molar-refractivity contribution is -0.138. The second-order valence-corrected chi connectivity index (χ2v) is 7.12. The molecular formula is C18H20BrN3O3. The Labute approximate surface area is 154 Å². The van der Waals surface area contributed by atoms with Crippen LogP contribution in [0.25, 0.3) is 0 Å². The minimum atomic E-state index is -0.410. The highest BCUT2D eigenvalue weighted by molar-refractivity contribution is 9.10. The summed E-state index contributed by atoms with van der Waals surface area (Å²) in [6.45, 7) is 2.86. The summed E-state index contributed by atoms with van der Waals surface area (Å²) in [5.41, 5.74) is 1.76. The Bertz CT molecular complexity index is 757. The smallest absolute Gasteiger partial charge is 0.243 e. The molecule has 1 saturated heterocycles. The average molecular weight is 406 g/mol. The maximum absolute atomic E-state index is 12.5. The molecule has 1 atom stereocenters. The van der Waals surface area contributed by atoms with Crippen molar-refractivity contribution in [2.45, 2.75) is 38.8 Å². The van der Waals surface area contributed by atoms with Gasteiger partial charge in [0.05, 0.1) is 12.1 Å². The van der Waals surface area contributed by atoms with Gasteiger partial charge in [0, 0.05) is 23.6 Å². The lowest BCUT2D eigenvalue weighted by Crippen LogP contribution is -2.46. The highest BCUT2D eigenvalue weighted by Gasteiger charge is 2.34. The molecule has 0 bridgehead atoms. The van der Waals surface area contributed by atoms with Gasteiger partial charge in [0.1, 0.15) is 11.8 Å². The first kappa shape index (κ1) is 17.7. The zero-order chi connectivity index (χ0) is 17.8. The minimum absolute atomic E-state index is 0.0996. The maximum Gasteiger partial charge on any atom is 0.243 e. The summed E-state index contributed by atoms with van der Waals surface area (Å²) >= 11 is 3.39. The third-order valence-corrected chi connectivity index (χ3v) is 4.79. The van der Waals surface area contributed by atoms with Crippen molar-refractivity contribution in [2.24, 2.45) is 0 Å². The fourth-order valence-electron chi connectivity index (χ4n) is 3.00. The molecule has 2 aromatic rings. The van der Waals surface area contributed by atoms with Gasteiger partial charge in [0.15, 0.2) is 0 Å². The Kier molecular flexibility index (Phi) is 5.53. The monoisotopic (exact) mass is 405 g/mol. The molecule has 6 nitrogen and oxygen atoms in total. The molecule has 25 heavy (non-hydrogen) atoms. The zero-order valence-electron chi connectivity index (χ0n) is 14.0. The summed E-state index contributed by atoms with van der Waals surface area (Å²) < 4.78 is 6.10. The van der Waals surface area contributed by atoms with E-state index in [1.54, 1.807) is 11.0 Å². The van der Waals surface area contributed by atoms with E-state index in [1.807, 2.05) is 31.2 Å². The van der Waals surface area contributed by atoms with E-state index >= 15 is 0 Å². The van der Waals surface area contributed by atoms with Crippen LogP contribution in [-0.4, -0.2) is 34.5 Å². The molecular weight excluding hydrogens is 386 g/mol. The first-order valence-corrected chi connectivity index (χ1v) is 9.06. The zero-order valence-corrected chi connectivity index (χ0v) is 15.6. The highest BCUT2D eigenvalue weighted by atomic mass is 79.9. The minimum Gasteiger partial charge on any atom is -0.361 e. The van der Waals surface area contributed by atoms with E-state index in [1.165, 1.54) is 0 Å². The molecule has 1 N–H and O–H groups in total.